The number of nitrogens with zero attached hydrogens (tertiary/aromatic N) is 5. The third kappa shape index (κ3) is 4.25. The number of rotatable bonds is 6. The zero-order valence-electron chi connectivity index (χ0n) is 19.2. The second-order valence-electron chi connectivity index (χ2n) is 8.37. The summed E-state index contributed by atoms with van der Waals surface area (Å²) < 4.78 is 3.85. The van der Waals surface area contributed by atoms with Gasteiger partial charge >= 0.3 is 0 Å². The lowest BCUT2D eigenvalue weighted by Crippen LogP contribution is -2.13. The maximum Gasteiger partial charge on any atom is 0.257 e. The summed E-state index contributed by atoms with van der Waals surface area (Å²) >= 11 is 0. The summed E-state index contributed by atoms with van der Waals surface area (Å²) in [5.41, 5.74) is 6.18. The van der Waals surface area contributed by atoms with E-state index in [1.54, 1.807) is 17.1 Å². The predicted octanol–water partition coefficient (Wildman–Crippen LogP) is 4.89. The molecule has 0 saturated carbocycles. The van der Waals surface area contributed by atoms with Crippen molar-refractivity contribution in [2.45, 2.75) is 19.9 Å². The average Bonchev–Trinajstić information content (AvgIpc) is 3.46. The Morgan fingerprint density at radius 3 is 2.68 bits per heavy atom. The molecule has 1 amide bonds. The van der Waals surface area contributed by atoms with Crippen LogP contribution in [0.2, 0.25) is 0 Å². The van der Waals surface area contributed by atoms with Crippen LogP contribution in [0.5, 0.6) is 0 Å². The fourth-order valence-corrected chi connectivity index (χ4v) is 4.01. The number of carbonyl (C=O) groups is 1. The lowest BCUT2D eigenvalue weighted by atomic mass is 10.1. The quantitative estimate of drug-likeness (QED) is 0.384. The Balaban J connectivity index is 1.36. The third-order valence-electron chi connectivity index (χ3n) is 5.74. The number of hydrogen-bond donors (Lipinski definition) is 2. The van der Waals surface area contributed by atoms with Crippen molar-refractivity contribution < 1.29 is 4.79 Å². The van der Waals surface area contributed by atoms with Crippen LogP contribution in [0.25, 0.3) is 16.6 Å². The molecule has 1 aromatic carbocycles. The van der Waals surface area contributed by atoms with Crippen molar-refractivity contribution >= 4 is 28.2 Å². The monoisotopic (exact) mass is 451 g/mol. The van der Waals surface area contributed by atoms with Gasteiger partial charge in [0.2, 0.25) is 0 Å². The van der Waals surface area contributed by atoms with Gasteiger partial charge in [0.15, 0.2) is 0 Å². The van der Waals surface area contributed by atoms with Crippen LogP contribution in [0, 0.1) is 6.92 Å². The van der Waals surface area contributed by atoms with Crippen LogP contribution in [-0.4, -0.2) is 30.2 Å². The highest BCUT2D eigenvalue weighted by molar-refractivity contribution is 6.04. The Morgan fingerprint density at radius 1 is 1.03 bits per heavy atom. The van der Waals surface area contributed by atoms with Gasteiger partial charge in [0.1, 0.15) is 0 Å². The number of fused-ring (bicyclic) bond motifs is 1. The molecule has 8 nitrogen and oxygen atoms in total. The van der Waals surface area contributed by atoms with E-state index in [2.05, 4.69) is 43.3 Å². The highest BCUT2D eigenvalue weighted by Crippen LogP contribution is 2.29. The first-order valence-electron chi connectivity index (χ1n) is 11.0. The number of benzene rings is 1. The number of nitrogens with one attached hydrogen (secondary N) is 2. The maximum atomic E-state index is 12.6. The minimum absolute atomic E-state index is 0.00775. The standard InChI is InChI=1S/C26H25N7O/c1-17-9-20(12-27-11-17)26(34)31-21-6-4-5-19(10-21)18(2)30-24-14-28-15-25-23(24)7-8-33(25)22-13-29-32(3)16-22/h4-16,18,30H,1-3H3,(H,31,34). The lowest BCUT2D eigenvalue weighted by molar-refractivity contribution is 0.102. The molecule has 0 fully saturated rings. The van der Waals surface area contributed by atoms with Gasteiger partial charge in [-0.3, -0.25) is 19.4 Å². The molecule has 1 unspecified atom stereocenters. The largest absolute Gasteiger partial charge is 0.377 e. The Morgan fingerprint density at radius 2 is 1.88 bits per heavy atom. The first-order valence-corrected chi connectivity index (χ1v) is 11.0. The van der Waals surface area contributed by atoms with Crippen LogP contribution >= 0.6 is 0 Å². The molecule has 0 aliphatic rings. The SMILES string of the molecule is Cc1cncc(C(=O)Nc2cccc(C(C)Nc3cncc4c3ccn4-c3cnn(C)c3)c2)c1. The number of anilines is 2. The van der Waals surface area contributed by atoms with Crippen molar-refractivity contribution in [2.75, 3.05) is 10.6 Å². The van der Waals surface area contributed by atoms with Gasteiger partial charge < -0.3 is 15.2 Å². The van der Waals surface area contributed by atoms with Crippen molar-refractivity contribution in [1.82, 2.24) is 24.3 Å². The van der Waals surface area contributed by atoms with E-state index in [0.29, 0.717) is 5.56 Å². The van der Waals surface area contributed by atoms with E-state index in [-0.39, 0.29) is 11.9 Å². The molecule has 0 aliphatic carbocycles. The molecule has 0 saturated heterocycles. The van der Waals surface area contributed by atoms with Gasteiger partial charge in [-0.1, -0.05) is 12.1 Å². The molecule has 5 aromatic rings. The van der Waals surface area contributed by atoms with E-state index in [0.717, 1.165) is 39.1 Å². The fourth-order valence-electron chi connectivity index (χ4n) is 4.01. The molecular formula is C26H25N7O. The number of pyridine rings is 2. The molecule has 0 aliphatic heterocycles. The van der Waals surface area contributed by atoms with Crippen molar-refractivity contribution in [2.24, 2.45) is 7.05 Å². The molecule has 8 heteroatoms. The fraction of sp³-hybridized carbons (Fsp3) is 0.154. The van der Waals surface area contributed by atoms with Crippen molar-refractivity contribution in [3.63, 3.8) is 0 Å². The molecule has 4 heterocycles. The third-order valence-corrected chi connectivity index (χ3v) is 5.74. The molecule has 0 spiro atoms. The van der Waals surface area contributed by atoms with Crippen LogP contribution in [-0.2, 0) is 7.05 Å². The molecule has 5 rings (SSSR count). The van der Waals surface area contributed by atoms with E-state index < -0.39 is 0 Å². The van der Waals surface area contributed by atoms with Crippen LogP contribution in [0.15, 0.2) is 79.8 Å². The minimum Gasteiger partial charge on any atom is -0.377 e. The lowest BCUT2D eigenvalue weighted by Gasteiger charge is -2.17. The Kier molecular flexibility index (Phi) is 5.55. The van der Waals surface area contributed by atoms with Crippen LogP contribution in [0.3, 0.4) is 0 Å². The smallest absolute Gasteiger partial charge is 0.257 e. The summed E-state index contributed by atoms with van der Waals surface area (Å²) in [5, 5.41) is 11.9. The summed E-state index contributed by atoms with van der Waals surface area (Å²) in [5.74, 6) is -0.181. The Bertz CT molecular complexity index is 1480. The zero-order chi connectivity index (χ0) is 23.7. The van der Waals surface area contributed by atoms with Crippen molar-refractivity contribution in [3.05, 3.63) is 96.5 Å². The van der Waals surface area contributed by atoms with Gasteiger partial charge in [-0.25, -0.2) is 0 Å². The second kappa shape index (κ2) is 8.82. The first-order chi connectivity index (χ1) is 16.5. The highest BCUT2D eigenvalue weighted by atomic mass is 16.1. The Labute approximate surface area is 197 Å². The minimum atomic E-state index is -0.181. The number of amides is 1. The average molecular weight is 452 g/mol. The van der Waals surface area contributed by atoms with Gasteiger partial charge in [-0.15, -0.1) is 0 Å². The van der Waals surface area contributed by atoms with E-state index in [4.69, 9.17) is 0 Å². The van der Waals surface area contributed by atoms with Crippen molar-refractivity contribution in [1.29, 1.82) is 0 Å². The molecule has 0 radical (unpaired) electrons. The number of aryl methyl sites for hydroxylation is 2. The normalized spacial score (nSPS) is 12.0. The molecule has 4 aromatic heterocycles. The topological polar surface area (TPSA) is 89.7 Å². The van der Waals surface area contributed by atoms with E-state index >= 15 is 0 Å². The molecular weight excluding hydrogens is 426 g/mol. The molecule has 1 atom stereocenters. The van der Waals surface area contributed by atoms with Gasteiger partial charge in [-0.2, -0.15) is 5.10 Å². The highest BCUT2D eigenvalue weighted by Gasteiger charge is 2.13. The Hall–Kier alpha value is -4.46. The van der Waals surface area contributed by atoms with Crippen LogP contribution < -0.4 is 10.6 Å². The summed E-state index contributed by atoms with van der Waals surface area (Å²) in [6, 6.07) is 11.7. The van der Waals surface area contributed by atoms with Gasteiger partial charge in [0.05, 0.1) is 41.0 Å². The van der Waals surface area contributed by atoms with E-state index in [1.807, 2.05) is 75.3 Å². The molecule has 2 N–H and O–H groups in total. The molecule has 170 valence electrons. The summed E-state index contributed by atoms with van der Waals surface area (Å²) in [6.45, 7) is 4.00. The summed E-state index contributed by atoms with van der Waals surface area (Å²) in [4.78, 5) is 21.2. The molecule has 34 heavy (non-hydrogen) atoms. The van der Waals surface area contributed by atoms with Crippen LogP contribution in [0.4, 0.5) is 11.4 Å². The summed E-state index contributed by atoms with van der Waals surface area (Å²) in [6.07, 6.45) is 12.8. The number of carbonyl (C=O) groups excluding carboxylic acids is 1. The van der Waals surface area contributed by atoms with Crippen molar-refractivity contribution in [3.8, 4) is 5.69 Å². The van der Waals surface area contributed by atoms with Crippen LogP contribution in [0.1, 0.15) is 34.5 Å². The summed E-state index contributed by atoms with van der Waals surface area (Å²) in [7, 11) is 1.90. The number of hydrogen-bond acceptors (Lipinski definition) is 5. The first kappa shape index (κ1) is 21.4. The van der Waals surface area contributed by atoms with E-state index in [1.165, 1.54) is 0 Å². The van der Waals surface area contributed by atoms with E-state index in [9.17, 15) is 4.79 Å². The maximum absolute atomic E-state index is 12.6. The van der Waals surface area contributed by atoms with Gasteiger partial charge in [0.25, 0.3) is 5.91 Å². The molecule has 0 bridgehead atoms. The predicted molar refractivity (Wildman–Crippen MR) is 133 cm³/mol. The van der Waals surface area contributed by atoms with Gasteiger partial charge in [0, 0.05) is 49.0 Å². The van der Waals surface area contributed by atoms with Gasteiger partial charge in [-0.05, 0) is 49.2 Å². The second-order valence-corrected chi connectivity index (χ2v) is 8.37. The number of aromatic nitrogens is 5. The zero-order valence-corrected chi connectivity index (χ0v) is 19.2.